The molecule has 3 aromatic heterocycles. The predicted molar refractivity (Wildman–Crippen MR) is 91.5 cm³/mol. The molecule has 3 aromatic rings. The van der Waals surface area contributed by atoms with Gasteiger partial charge in [-0.15, -0.1) is 0 Å². The fourth-order valence-electron chi connectivity index (χ4n) is 2.44. The molecule has 0 bridgehead atoms. The highest BCUT2D eigenvalue weighted by Crippen LogP contribution is 2.25. The lowest BCUT2D eigenvalue weighted by atomic mass is 10.1. The number of hydrogen-bond acceptors (Lipinski definition) is 6. The standard InChI is InChI=1S/C17H18N6O2/c1-12(25-3)15-14(11-21-23(15)17-19-8-5-9-20-17)16(24)22(2)13-6-4-7-18-10-13/h4-12H,1-3H3. The Morgan fingerprint density at radius 3 is 2.60 bits per heavy atom. The SMILES string of the molecule is COC(C)c1c(C(=O)N(C)c2cccnc2)cnn1-c1ncccn1. The number of amides is 1. The van der Waals surface area contributed by atoms with Crippen LogP contribution >= 0.6 is 0 Å². The number of ether oxygens (including phenoxy) is 1. The van der Waals surface area contributed by atoms with Crippen LogP contribution in [0, 0.1) is 0 Å². The van der Waals surface area contributed by atoms with Gasteiger partial charge in [-0.3, -0.25) is 9.78 Å². The highest BCUT2D eigenvalue weighted by atomic mass is 16.5. The van der Waals surface area contributed by atoms with E-state index in [9.17, 15) is 4.79 Å². The molecule has 0 aliphatic carbocycles. The Kier molecular flexibility index (Phi) is 4.80. The Labute approximate surface area is 145 Å². The molecule has 0 radical (unpaired) electrons. The Balaban J connectivity index is 2.04. The first-order chi connectivity index (χ1) is 12.1. The van der Waals surface area contributed by atoms with Crippen molar-refractivity contribution >= 4 is 11.6 Å². The van der Waals surface area contributed by atoms with Gasteiger partial charge in [-0.05, 0) is 25.1 Å². The normalized spacial score (nSPS) is 12.0. The van der Waals surface area contributed by atoms with E-state index in [1.807, 2.05) is 13.0 Å². The molecular formula is C17H18N6O2. The third kappa shape index (κ3) is 3.24. The third-order valence-corrected chi connectivity index (χ3v) is 3.85. The van der Waals surface area contributed by atoms with Crippen LogP contribution in [0.5, 0.6) is 0 Å². The van der Waals surface area contributed by atoms with E-state index < -0.39 is 0 Å². The van der Waals surface area contributed by atoms with Crippen molar-refractivity contribution in [3.63, 3.8) is 0 Å². The lowest BCUT2D eigenvalue weighted by Crippen LogP contribution is -2.27. The van der Waals surface area contributed by atoms with Crippen molar-refractivity contribution in [3.05, 3.63) is 60.4 Å². The Morgan fingerprint density at radius 1 is 1.20 bits per heavy atom. The maximum Gasteiger partial charge on any atom is 0.261 e. The number of aromatic nitrogens is 5. The summed E-state index contributed by atoms with van der Waals surface area (Å²) in [6.45, 7) is 1.84. The third-order valence-electron chi connectivity index (χ3n) is 3.85. The van der Waals surface area contributed by atoms with Crippen LogP contribution in [-0.2, 0) is 4.74 Å². The molecular weight excluding hydrogens is 320 g/mol. The second-order valence-corrected chi connectivity index (χ2v) is 5.36. The summed E-state index contributed by atoms with van der Waals surface area (Å²) in [4.78, 5) is 27.0. The van der Waals surface area contributed by atoms with Crippen LogP contribution in [-0.4, -0.2) is 44.8 Å². The minimum Gasteiger partial charge on any atom is -0.375 e. The molecule has 0 saturated heterocycles. The summed E-state index contributed by atoms with van der Waals surface area (Å²) in [6, 6.07) is 5.31. The summed E-state index contributed by atoms with van der Waals surface area (Å²) in [5, 5.41) is 4.30. The summed E-state index contributed by atoms with van der Waals surface area (Å²) in [6.07, 6.45) is 7.67. The smallest absolute Gasteiger partial charge is 0.261 e. The van der Waals surface area contributed by atoms with Gasteiger partial charge in [0.25, 0.3) is 11.9 Å². The van der Waals surface area contributed by atoms with Gasteiger partial charge in [0, 0.05) is 32.7 Å². The van der Waals surface area contributed by atoms with Crippen molar-refractivity contribution in [2.45, 2.75) is 13.0 Å². The van der Waals surface area contributed by atoms with Crippen molar-refractivity contribution in [2.75, 3.05) is 19.1 Å². The van der Waals surface area contributed by atoms with Gasteiger partial charge in [0.05, 0.1) is 35.4 Å². The molecule has 3 heterocycles. The second kappa shape index (κ2) is 7.18. The van der Waals surface area contributed by atoms with E-state index >= 15 is 0 Å². The summed E-state index contributed by atoms with van der Waals surface area (Å²) < 4.78 is 6.96. The molecule has 0 saturated carbocycles. The van der Waals surface area contributed by atoms with E-state index in [-0.39, 0.29) is 12.0 Å². The van der Waals surface area contributed by atoms with Crippen molar-refractivity contribution in [1.29, 1.82) is 0 Å². The minimum absolute atomic E-state index is 0.214. The first-order valence-electron chi connectivity index (χ1n) is 7.69. The number of nitrogens with zero attached hydrogens (tertiary/aromatic N) is 6. The van der Waals surface area contributed by atoms with Crippen molar-refractivity contribution < 1.29 is 9.53 Å². The highest BCUT2D eigenvalue weighted by molar-refractivity contribution is 6.06. The summed E-state index contributed by atoms with van der Waals surface area (Å²) >= 11 is 0. The average Bonchev–Trinajstić information content (AvgIpc) is 3.12. The Morgan fingerprint density at radius 2 is 1.96 bits per heavy atom. The second-order valence-electron chi connectivity index (χ2n) is 5.36. The van der Waals surface area contributed by atoms with Gasteiger partial charge in [-0.2, -0.15) is 9.78 Å². The van der Waals surface area contributed by atoms with Crippen molar-refractivity contribution in [2.24, 2.45) is 0 Å². The summed E-state index contributed by atoms with van der Waals surface area (Å²) in [7, 11) is 3.27. The van der Waals surface area contributed by atoms with E-state index in [0.717, 1.165) is 0 Å². The maximum atomic E-state index is 13.0. The first-order valence-corrected chi connectivity index (χ1v) is 7.69. The molecule has 3 rings (SSSR count). The lowest BCUT2D eigenvalue weighted by molar-refractivity contribution is 0.0963. The van der Waals surface area contributed by atoms with E-state index in [0.29, 0.717) is 22.9 Å². The van der Waals surface area contributed by atoms with E-state index in [2.05, 4.69) is 20.1 Å². The summed E-state index contributed by atoms with van der Waals surface area (Å²) in [5.41, 5.74) is 1.70. The zero-order chi connectivity index (χ0) is 17.8. The minimum atomic E-state index is -0.368. The van der Waals surface area contributed by atoms with Crippen LogP contribution in [0.4, 0.5) is 5.69 Å². The zero-order valence-corrected chi connectivity index (χ0v) is 14.2. The molecule has 1 atom stereocenters. The Hall–Kier alpha value is -3.13. The molecule has 128 valence electrons. The molecule has 8 heteroatoms. The van der Waals surface area contributed by atoms with Gasteiger partial charge in [-0.25, -0.2) is 9.97 Å². The van der Waals surface area contributed by atoms with E-state index in [1.54, 1.807) is 51.1 Å². The van der Waals surface area contributed by atoms with Gasteiger partial charge in [0.2, 0.25) is 0 Å². The monoisotopic (exact) mass is 338 g/mol. The van der Waals surface area contributed by atoms with E-state index in [1.165, 1.54) is 15.8 Å². The number of carbonyl (C=O) groups is 1. The molecule has 0 aliphatic heterocycles. The molecule has 0 fully saturated rings. The van der Waals surface area contributed by atoms with Crippen LogP contribution in [0.3, 0.4) is 0 Å². The lowest BCUT2D eigenvalue weighted by Gasteiger charge is -2.19. The molecule has 0 aromatic carbocycles. The highest BCUT2D eigenvalue weighted by Gasteiger charge is 2.26. The quantitative estimate of drug-likeness (QED) is 0.707. The van der Waals surface area contributed by atoms with Gasteiger partial charge < -0.3 is 9.64 Å². The average molecular weight is 338 g/mol. The van der Waals surface area contributed by atoms with Crippen LogP contribution in [0.1, 0.15) is 29.1 Å². The van der Waals surface area contributed by atoms with Crippen molar-refractivity contribution in [3.8, 4) is 5.95 Å². The fourth-order valence-corrected chi connectivity index (χ4v) is 2.44. The van der Waals surface area contributed by atoms with Crippen LogP contribution in [0.2, 0.25) is 0 Å². The largest absolute Gasteiger partial charge is 0.375 e. The fraction of sp³-hybridized carbons (Fsp3) is 0.235. The molecule has 0 N–H and O–H groups in total. The zero-order valence-electron chi connectivity index (χ0n) is 14.2. The molecule has 0 aliphatic rings. The number of pyridine rings is 1. The van der Waals surface area contributed by atoms with Crippen LogP contribution in [0.25, 0.3) is 5.95 Å². The summed E-state index contributed by atoms with van der Waals surface area (Å²) in [5.74, 6) is 0.165. The Bertz CT molecular complexity index is 850. The number of hydrogen-bond donors (Lipinski definition) is 0. The first kappa shape index (κ1) is 16.7. The maximum absolute atomic E-state index is 13.0. The number of carbonyl (C=O) groups excluding carboxylic acids is 1. The number of methoxy groups -OCH3 is 1. The topological polar surface area (TPSA) is 86.0 Å². The van der Waals surface area contributed by atoms with Crippen molar-refractivity contribution in [1.82, 2.24) is 24.7 Å². The van der Waals surface area contributed by atoms with E-state index in [4.69, 9.17) is 4.74 Å². The predicted octanol–water partition coefficient (Wildman–Crippen LogP) is 2.04. The molecule has 8 nitrogen and oxygen atoms in total. The molecule has 0 spiro atoms. The van der Waals surface area contributed by atoms with Crippen LogP contribution < -0.4 is 4.90 Å². The van der Waals surface area contributed by atoms with Gasteiger partial charge >= 0.3 is 0 Å². The van der Waals surface area contributed by atoms with Crippen LogP contribution in [0.15, 0.2) is 49.2 Å². The number of anilines is 1. The molecule has 1 unspecified atom stereocenters. The van der Waals surface area contributed by atoms with Gasteiger partial charge in [-0.1, -0.05) is 0 Å². The van der Waals surface area contributed by atoms with Gasteiger partial charge in [0.1, 0.15) is 0 Å². The molecule has 25 heavy (non-hydrogen) atoms. The van der Waals surface area contributed by atoms with Gasteiger partial charge in [0.15, 0.2) is 0 Å². The number of rotatable bonds is 5. The molecule has 1 amide bonds.